The average molecular weight is 322 g/mol. The Kier molecular flexibility index (Phi) is 4.93. The Hall–Kier alpha value is -1.39. The molecule has 1 N–H and O–H groups in total. The fourth-order valence-corrected chi connectivity index (χ4v) is 2.22. The Morgan fingerprint density at radius 1 is 1.32 bits per heavy atom. The van der Waals surface area contributed by atoms with Gasteiger partial charge in [0.2, 0.25) is 0 Å². The van der Waals surface area contributed by atoms with Crippen LogP contribution < -0.4 is 4.74 Å². The average Bonchev–Trinajstić information content (AvgIpc) is 2.45. The molecule has 1 heterocycles. The van der Waals surface area contributed by atoms with Crippen LogP contribution in [0.3, 0.4) is 0 Å². The lowest BCUT2D eigenvalue weighted by atomic mass is 10.1. The van der Waals surface area contributed by atoms with Crippen molar-refractivity contribution in [1.29, 1.82) is 0 Å². The van der Waals surface area contributed by atoms with E-state index >= 15 is 0 Å². The molecule has 0 unspecified atom stereocenters. The van der Waals surface area contributed by atoms with Crippen molar-refractivity contribution in [1.82, 2.24) is 4.98 Å². The van der Waals surface area contributed by atoms with Crippen molar-refractivity contribution in [3.05, 3.63) is 58.3 Å². The first-order chi connectivity index (χ1) is 9.20. The lowest BCUT2D eigenvalue weighted by Gasteiger charge is -2.14. The second kappa shape index (κ2) is 6.68. The van der Waals surface area contributed by atoms with Crippen LogP contribution in [-0.4, -0.2) is 10.1 Å². The minimum atomic E-state index is -0.489. The predicted octanol–water partition coefficient (Wildman–Crippen LogP) is 3.87. The van der Waals surface area contributed by atoms with Crippen molar-refractivity contribution < 1.29 is 9.84 Å². The SMILES string of the molecule is CC[C@H](O)c1ccccc1OCc1cncc(Br)c1. The van der Waals surface area contributed by atoms with Crippen LogP contribution in [0.25, 0.3) is 0 Å². The van der Waals surface area contributed by atoms with E-state index in [0.29, 0.717) is 13.0 Å². The molecule has 0 aliphatic rings. The first-order valence-corrected chi connectivity index (χ1v) is 6.99. The zero-order valence-corrected chi connectivity index (χ0v) is 12.3. The first kappa shape index (κ1) is 14.0. The van der Waals surface area contributed by atoms with Crippen LogP contribution >= 0.6 is 15.9 Å². The van der Waals surface area contributed by atoms with Crippen LogP contribution in [-0.2, 0) is 6.61 Å². The summed E-state index contributed by atoms with van der Waals surface area (Å²) in [7, 11) is 0. The highest BCUT2D eigenvalue weighted by molar-refractivity contribution is 9.10. The van der Waals surface area contributed by atoms with E-state index in [2.05, 4.69) is 20.9 Å². The molecule has 0 fully saturated rings. The number of aromatic nitrogens is 1. The Balaban J connectivity index is 2.11. The number of rotatable bonds is 5. The Labute approximate surface area is 121 Å². The molecular weight excluding hydrogens is 306 g/mol. The monoisotopic (exact) mass is 321 g/mol. The predicted molar refractivity (Wildman–Crippen MR) is 78.0 cm³/mol. The van der Waals surface area contributed by atoms with Gasteiger partial charge in [-0.1, -0.05) is 25.1 Å². The maximum Gasteiger partial charge on any atom is 0.125 e. The maximum absolute atomic E-state index is 9.95. The molecule has 0 saturated heterocycles. The molecule has 0 aliphatic carbocycles. The highest BCUT2D eigenvalue weighted by atomic mass is 79.9. The van der Waals surface area contributed by atoms with E-state index in [1.807, 2.05) is 37.3 Å². The summed E-state index contributed by atoms with van der Waals surface area (Å²) in [4.78, 5) is 4.09. The molecule has 0 amide bonds. The Morgan fingerprint density at radius 3 is 2.84 bits per heavy atom. The van der Waals surface area contributed by atoms with Gasteiger partial charge in [0.25, 0.3) is 0 Å². The molecule has 4 heteroatoms. The van der Waals surface area contributed by atoms with E-state index in [1.54, 1.807) is 12.4 Å². The molecule has 0 radical (unpaired) electrons. The van der Waals surface area contributed by atoms with Crippen LogP contribution in [0.5, 0.6) is 5.75 Å². The molecule has 3 nitrogen and oxygen atoms in total. The number of pyridine rings is 1. The van der Waals surface area contributed by atoms with Crippen LogP contribution in [0.1, 0.15) is 30.6 Å². The first-order valence-electron chi connectivity index (χ1n) is 6.20. The van der Waals surface area contributed by atoms with E-state index in [9.17, 15) is 5.11 Å². The second-order valence-electron chi connectivity index (χ2n) is 4.26. The number of aliphatic hydroxyl groups excluding tert-OH is 1. The number of nitrogens with zero attached hydrogens (tertiary/aromatic N) is 1. The van der Waals surface area contributed by atoms with Gasteiger partial charge in [0.1, 0.15) is 12.4 Å². The van der Waals surface area contributed by atoms with Crippen LogP contribution in [0, 0.1) is 0 Å². The van der Waals surface area contributed by atoms with Gasteiger partial charge in [-0.25, -0.2) is 0 Å². The molecule has 100 valence electrons. The minimum absolute atomic E-state index is 0.430. The quantitative estimate of drug-likeness (QED) is 0.909. The van der Waals surface area contributed by atoms with Crippen molar-refractivity contribution in [2.24, 2.45) is 0 Å². The lowest BCUT2D eigenvalue weighted by molar-refractivity contribution is 0.166. The molecule has 19 heavy (non-hydrogen) atoms. The summed E-state index contributed by atoms with van der Waals surface area (Å²) in [6, 6.07) is 9.54. The van der Waals surface area contributed by atoms with E-state index in [0.717, 1.165) is 21.3 Å². The summed E-state index contributed by atoms with van der Waals surface area (Å²) >= 11 is 3.38. The van der Waals surface area contributed by atoms with Gasteiger partial charge in [-0.05, 0) is 34.5 Å². The second-order valence-corrected chi connectivity index (χ2v) is 5.18. The number of hydrogen-bond acceptors (Lipinski definition) is 3. The summed E-state index contributed by atoms with van der Waals surface area (Å²) in [6.07, 6.45) is 3.68. The van der Waals surface area contributed by atoms with Gasteiger partial charge in [-0.3, -0.25) is 4.98 Å². The number of halogens is 1. The summed E-state index contributed by atoms with van der Waals surface area (Å²) < 4.78 is 6.71. The normalized spacial score (nSPS) is 12.2. The fraction of sp³-hybridized carbons (Fsp3) is 0.267. The molecule has 2 aromatic rings. The van der Waals surface area contributed by atoms with Gasteiger partial charge in [-0.2, -0.15) is 0 Å². The molecule has 0 spiro atoms. The highest BCUT2D eigenvalue weighted by Gasteiger charge is 2.11. The molecule has 2 rings (SSSR count). The molecular formula is C15H16BrNO2. The van der Waals surface area contributed by atoms with E-state index < -0.39 is 6.10 Å². The summed E-state index contributed by atoms with van der Waals surface area (Å²) in [5.74, 6) is 0.719. The van der Waals surface area contributed by atoms with Crippen molar-refractivity contribution >= 4 is 15.9 Å². The zero-order chi connectivity index (χ0) is 13.7. The van der Waals surface area contributed by atoms with E-state index in [-0.39, 0.29) is 0 Å². The van der Waals surface area contributed by atoms with Gasteiger partial charge in [0, 0.05) is 28.0 Å². The zero-order valence-electron chi connectivity index (χ0n) is 10.7. The third-order valence-corrected chi connectivity index (χ3v) is 3.25. The van der Waals surface area contributed by atoms with Crippen LogP contribution in [0.2, 0.25) is 0 Å². The third kappa shape index (κ3) is 3.78. The summed E-state index contributed by atoms with van der Waals surface area (Å²) in [6.45, 7) is 2.37. The number of aliphatic hydroxyl groups is 1. The number of benzene rings is 1. The Bertz CT molecular complexity index is 545. The number of ether oxygens (including phenoxy) is 1. The van der Waals surface area contributed by atoms with Crippen molar-refractivity contribution in [3.63, 3.8) is 0 Å². The van der Waals surface area contributed by atoms with Gasteiger partial charge < -0.3 is 9.84 Å². The molecule has 0 aliphatic heterocycles. The fourth-order valence-electron chi connectivity index (χ4n) is 1.80. The number of para-hydroxylation sites is 1. The smallest absolute Gasteiger partial charge is 0.125 e. The van der Waals surface area contributed by atoms with Crippen LogP contribution in [0.15, 0.2) is 47.2 Å². The van der Waals surface area contributed by atoms with Crippen LogP contribution in [0.4, 0.5) is 0 Å². The van der Waals surface area contributed by atoms with Gasteiger partial charge >= 0.3 is 0 Å². The topological polar surface area (TPSA) is 42.4 Å². The van der Waals surface area contributed by atoms with Gasteiger partial charge in [0.05, 0.1) is 6.10 Å². The van der Waals surface area contributed by atoms with E-state index in [4.69, 9.17) is 4.74 Å². The van der Waals surface area contributed by atoms with Crippen molar-refractivity contribution in [2.75, 3.05) is 0 Å². The highest BCUT2D eigenvalue weighted by Crippen LogP contribution is 2.27. The summed E-state index contributed by atoms with van der Waals surface area (Å²) in [5, 5.41) is 9.95. The molecule has 1 aromatic heterocycles. The van der Waals surface area contributed by atoms with Gasteiger partial charge in [-0.15, -0.1) is 0 Å². The van der Waals surface area contributed by atoms with E-state index in [1.165, 1.54) is 0 Å². The Morgan fingerprint density at radius 2 is 2.11 bits per heavy atom. The lowest BCUT2D eigenvalue weighted by Crippen LogP contribution is -2.02. The van der Waals surface area contributed by atoms with Crippen molar-refractivity contribution in [2.45, 2.75) is 26.1 Å². The molecule has 1 aromatic carbocycles. The van der Waals surface area contributed by atoms with Gasteiger partial charge in [0.15, 0.2) is 0 Å². The standard InChI is InChI=1S/C15H16BrNO2/c1-2-14(18)13-5-3-4-6-15(13)19-10-11-7-12(16)9-17-8-11/h3-9,14,18H,2,10H2,1H3/t14-/m0/s1. The third-order valence-electron chi connectivity index (χ3n) is 2.82. The maximum atomic E-state index is 9.95. The largest absolute Gasteiger partial charge is 0.488 e. The number of hydrogen-bond donors (Lipinski definition) is 1. The molecule has 1 atom stereocenters. The molecule has 0 bridgehead atoms. The minimum Gasteiger partial charge on any atom is -0.488 e. The summed E-state index contributed by atoms with van der Waals surface area (Å²) in [5.41, 5.74) is 1.81. The van der Waals surface area contributed by atoms with Crippen molar-refractivity contribution in [3.8, 4) is 5.75 Å². The molecule has 0 saturated carbocycles.